The predicted molar refractivity (Wildman–Crippen MR) is 42.2 cm³/mol. The Morgan fingerprint density at radius 3 is 2.69 bits per heavy atom. The number of rotatable bonds is 2. The van der Waals surface area contributed by atoms with Crippen LogP contribution in [0.25, 0.3) is 0 Å². The summed E-state index contributed by atoms with van der Waals surface area (Å²) < 4.78 is 20.3. The number of pyridine rings is 1. The van der Waals surface area contributed by atoms with Crippen LogP contribution in [0.3, 0.4) is 0 Å². The Kier molecular flexibility index (Phi) is 1.82. The van der Waals surface area contributed by atoms with E-state index in [9.17, 15) is 0 Å². The van der Waals surface area contributed by atoms with E-state index in [1.165, 1.54) is 14.2 Å². The smallest absolute Gasteiger partial charge is 0.401 e. The van der Waals surface area contributed by atoms with Crippen molar-refractivity contribution < 1.29 is 18.9 Å². The van der Waals surface area contributed by atoms with E-state index in [2.05, 4.69) is 4.98 Å². The molecule has 0 aliphatic carbocycles. The van der Waals surface area contributed by atoms with Gasteiger partial charge in [0.05, 0.1) is 0 Å². The first-order valence-electron chi connectivity index (χ1n) is 3.73. The van der Waals surface area contributed by atoms with Crippen LogP contribution in [0.5, 0.6) is 11.6 Å². The van der Waals surface area contributed by atoms with Gasteiger partial charge in [0.2, 0.25) is 0 Å². The highest BCUT2D eigenvalue weighted by Gasteiger charge is 2.44. The minimum absolute atomic E-state index is 0.367. The van der Waals surface area contributed by atoms with Crippen molar-refractivity contribution in [1.82, 2.24) is 4.98 Å². The molecule has 2 rings (SSSR count). The fraction of sp³-hybridized carbons (Fsp3) is 0.375. The summed E-state index contributed by atoms with van der Waals surface area (Å²) in [6, 6.07) is 3.46. The van der Waals surface area contributed by atoms with E-state index in [0.717, 1.165) is 0 Å². The van der Waals surface area contributed by atoms with Crippen molar-refractivity contribution in [3.8, 4) is 11.6 Å². The maximum absolute atomic E-state index is 5.26. The quantitative estimate of drug-likeness (QED) is 0.633. The zero-order valence-corrected chi connectivity index (χ0v) is 7.31. The summed E-state index contributed by atoms with van der Waals surface area (Å²) in [6.07, 6.45) is 0.125. The fourth-order valence-electron chi connectivity index (χ4n) is 1.05. The van der Waals surface area contributed by atoms with Gasteiger partial charge in [-0.25, -0.2) is 4.98 Å². The first-order valence-corrected chi connectivity index (χ1v) is 3.73. The molecule has 13 heavy (non-hydrogen) atoms. The Labute approximate surface area is 75.2 Å². The molecule has 0 spiro atoms. The molecule has 1 aromatic heterocycles. The Balaban J connectivity index is 2.30. The van der Waals surface area contributed by atoms with E-state index in [1.807, 2.05) is 0 Å². The molecule has 0 amide bonds. The molecule has 1 aliphatic rings. The van der Waals surface area contributed by atoms with Crippen molar-refractivity contribution in [2.75, 3.05) is 14.2 Å². The van der Waals surface area contributed by atoms with Gasteiger partial charge in [-0.15, -0.1) is 0 Å². The highest BCUT2D eigenvalue weighted by atomic mass is 17.0. The highest BCUT2D eigenvalue weighted by molar-refractivity contribution is 5.35. The van der Waals surface area contributed by atoms with Crippen LogP contribution in [0.15, 0.2) is 18.3 Å². The van der Waals surface area contributed by atoms with Gasteiger partial charge in [0.15, 0.2) is 5.75 Å². The molecule has 0 bridgehead atoms. The predicted octanol–water partition coefficient (Wildman–Crippen LogP) is 0.757. The van der Waals surface area contributed by atoms with E-state index < -0.39 is 6.16 Å². The number of hydrogen-bond donors (Lipinski definition) is 0. The molecule has 0 atom stereocenters. The van der Waals surface area contributed by atoms with E-state index in [1.54, 1.807) is 18.3 Å². The monoisotopic (exact) mass is 183 g/mol. The molecular weight excluding hydrogens is 174 g/mol. The Bertz CT molecular complexity index is 284. The number of fused-ring (bicyclic) bond motifs is 1. The minimum Gasteiger partial charge on any atom is -0.401 e. The second-order valence-electron chi connectivity index (χ2n) is 2.42. The lowest BCUT2D eigenvalue weighted by Crippen LogP contribution is -2.42. The SMILES string of the molecule is COC1(OC)Oc2cccnc2O1. The lowest BCUT2D eigenvalue weighted by Gasteiger charge is -2.20. The third kappa shape index (κ3) is 1.22. The molecule has 0 saturated heterocycles. The van der Waals surface area contributed by atoms with Crippen LogP contribution in [0.2, 0.25) is 0 Å². The summed E-state index contributed by atoms with van der Waals surface area (Å²) in [6.45, 7) is 0. The third-order valence-electron chi connectivity index (χ3n) is 1.69. The minimum atomic E-state index is -1.48. The third-order valence-corrected chi connectivity index (χ3v) is 1.69. The molecule has 1 aromatic rings. The van der Waals surface area contributed by atoms with Crippen molar-refractivity contribution >= 4 is 0 Å². The summed E-state index contributed by atoms with van der Waals surface area (Å²) in [4.78, 5) is 3.94. The van der Waals surface area contributed by atoms with Crippen molar-refractivity contribution in [2.24, 2.45) is 0 Å². The van der Waals surface area contributed by atoms with Crippen molar-refractivity contribution in [2.45, 2.75) is 6.16 Å². The van der Waals surface area contributed by atoms with E-state index in [4.69, 9.17) is 18.9 Å². The summed E-state index contributed by atoms with van der Waals surface area (Å²) >= 11 is 0. The molecular formula is C8H9NO4. The lowest BCUT2D eigenvalue weighted by atomic mass is 10.4. The highest BCUT2D eigenvalue weighted by Crippen LogP contribution is 2.37. The molecule has 5 heteroatoms. The largest absolute Gasteiger partial charge is 0.510 e. The van der Waals surface area contributed by atoms with Crippen LogP contribution in [-0.4, -0.2) is 25.4 Å². The van der Waals surface area contributed by atoms with E-state index in [-0.39, 0.29) is 0 Å². The van der Waals surface area contributed by atoms with Crippen LogP contribution in [0, 0.1) is 0 Å². The summed E-state index contributed by atoms with van der Waals surface area (Å²) in [5.74, 6) is 0.873. The second kappa shape index (κ2) is 2.86. The molecule has 0 saturated carbocycles. The number of hydrogen-bond acceptors (Lipinski definition) is 5. The first-order chi connectivity index (χ1) is 6.29. The number of ether oxygens (including phenoxy) is 4. The Morgan fingerprint density at radius 2 is 2.08 bits per heavy atom. The average molecular weight is 183 g/mol. The average Bonchev–Trinajstić information content (AvgIpc) is 2.57. The molecule has 2 heterocycles. The summed E-state index contributed by atoms with van der Waals surface area (Å²) in [5.41, 5.74) is 0. The maximum Gasteiger partial charge on any atom is 0.510 e. The zero-order valence-electron chi connectivity index (χ0n) is 7.31. The van der Waals surface area contributed by atoms with Gasteiger partial charge in [-0.2, -0.15) is 0 Å². The topological polar surface area (TPSA) is 49.8 Å². The summed E-state index contributed by atoms with van der Waals surface area (Å²) in [7, 11) is 2.85. The molecule has 0 N–H and O–H groups in total. The second-order valence-corrected chi connectivity index (χ2v) is 2.42. The fourth-order valence-corrected chi connectivity index (χ4v) is 1.05. The van der Waals surface area contributed by atoms with Gasteiger partial charge in [-0.05, 0) is 12.1 Å². The van der Waals surface area contributed by atoms with Crippen LogP contribution < -0.4 is 9.47 Å². The van der Waals surface area contributed by atoms with Gasteiger partial charge in [0.25, 0.3) is 5.88 Å². The van der Waals surface area contributed by atoms with E-state index in [0.29, 0.717) is 11.6 Å². The van der Waals surface area contributed by atoms with Crippen LogP contribution in [0.1, 0.15) is 0 Å². The standard InChI is InChI=1S/C8H9NO4/c1-10-8(11-2)12-6-4-3-5-9-7(6)13-8/h3-5H,1-2H3. The molecule has 0 fully saturated rings. The van der Waals surface area contributed by atoms with E-state index >= 15 is 0 Å². The van der Waals surface area contributed by atoms with Gasteiger partial charge in [-0.1, -0.05) is 0 Å². The maximum atomic E-state index is 5.26. The Hall–Kier alpha value is -1.33. The number of nitrogens with zero attached hydrogens (tertiary/aromatic N) is 1. The molecule has 0 aromatic carbocycles. The zero-order chi connectivity index (χ0) is 9.31. The molecule has 70 valence electrons. The van der Waals surface area contributed by atoms with Gasteiger partial charge < -0.3 is 9.47 Å². The normalized spacial score (nSPS) is 17.4. The van der Waals surface area contributed by atoms with Crippen LogP contribution in [-0.2, 0) is 9.47 Å². The molecule has 5 nitrogen and oxygen atoms in total. The van der Waals surface area contributed by atoms with Crippen LogP contribution in [0.4, 0.5) is 0 Å². The van der Waals surface area contributed by atoms with Gasteiger partial charge in [0.1, 0.15) is 0 Å². The van der Waals surface area contributed by atoms with Gasteiger partial charge in [0, 0.05) is 20.4 Å². The molecule has 0 unspecified atom stereocenters. The number of aromatic nitrogens is 1. The van der Waals surface area contributed by atoms with Crippen LogP contribution >= 0.6 is 0 Å². The first kappa shape index (κ1) is 8.28. The van der Waals surface area contributed by atoms with Crippen molar-refractivity contribution in [1.29, 1.82) is 0 Å². The van der Waals surface area contributed by atoms with Crippen molar-refractivity contribution in [3.05, 3.63) is 18.3 Å². The summed E-state index contributed by atoms with van der Waals surface area (Å²) in [5, 5.41) is 0. The van der Waals surface area contributed by atoms with Gasteiger partial charge >= 0.3 is 6.16 Å². The Morgan fingerprint density at radius 1 is 1.31 bits per heavy atom. The van der Waals surface area contributed by atoms with Crippen molar-refractivity contribution in [3.63, 3.8) is 0 Å². The van der Waals surface area contributed by atoms with Gasteiger partial charge in [-0.3, -0.25) is 9.47 Å². The number of methoxy groups -OCH3 is 2. The molecule has 1 aliphatic heterocycles. The lowest BCUT2D eigenvalue weighted by molar-refractivity contribution is -0.408. The molecule has 0 radical (unpaired) electrons.